The van der Waals surface area contributed by atoms with Crippen LogP contribution in [-0.4, -0.2) is 41.1 Å². The van der Waals surface area contributed by atoms with Crippen LogP contribution in [0.15, 0.2) is 48.7 Å². The maximum atomic E-state index is 12.3. The Morgan fingerprint density at radius 3 is 2.61 bits per heavy atom. The summed E-state index contributed by atoms with van der Waals surface area (Å²) in [5.74, 6) is -0.473. The van der Waals surface area contributed by atoms with E-state index in [0.29, 0.717) is 11.4 Å². The Balaban J connectivity index is 1.83. The zero-order chi connectivity index (χ0) is 20.3. The van der Waals surface area contributed by atoms with Crippen LogP contribution >= 0.6 is 11.6 Å². The van der Waals surface area contributed by atoms with Crippen LogP contribution in [0.3, 0.4) is 0 Å². The Morgan fingerprint density at radius 1 is 1.25 bits per heavy atom. The highest BCUT2D eigenvalue weighted by molar-refractivity contribution is 6.32. The summed E-state index contributed by atoms with van der Waals surface area (Å²) in [5, 5.41) is 8.74. The second-order valence-corrected chi connectivity index (χ2v) is 8.07. The van der Waals surface area contributed by atoms with Crippen molar-refractivity contribution < 1.29 is 4.79 Å². The molecule has 1 heterocycles. The molecule has 2 unspecified atom stereocenters. The monoisotopic (exact) mass is 398 g/mol. The van der Waals surface area contributed by atoms with E-state index in [9.17, 15) is 4.79 Å². The number of carbonyl (C=O) groups is 1. The van der Waals surface area contributed by atoms with E-state index in [1.54, 1.807) is 6.20 Å². The smallest absolute Gasteiger partial charge is 0.221 e. The lowest BCUT2D eigenvalue weighted by Gasteiger charge is -2.30. The Hall–Kier alpha value is -2.37. The molecule has 0 radical (unpaired) electrons. The van der Waals surface area contributed by atoms with E-state index in [1.807, 2.05) is 38.4 Å². The number of likely N-dealkylation sites (N-methyl/N-ethyl adjacent to an activating group) is 1. The van der Waals surface area contributed by atoms with Crippen LogP contribution in [0.4, 0.5) is 0 Å². The van der Waals surface area contributed by atoms with Crippen LogP contribution in [0, 0.1) is 5.92 Å². The molecule has 3 N–H and O–H groups in total. The highest BCUT2D eigenvalue weighted by atomic mass is 35.5. The van der Waals surface area contributed by atoms with Gasteiger partial charge >= 0.3 is 0 Å². The first-order valence-corrected chi connectivity index (χ1v) is 9.86. The summed E-state index contributed by atoms with van der Waals surface area (Å²) in [5.41, 5.74) is 8.90. The molecule has 28 heavy (non-hydrogen) atoms. The minimum Gasteiger partial charge on any atom is -0.369 e. The summed E-state index contributed by atoms with van der Waals surface area (Å²) >= 11 is 6.51. The molecule has 148 valence electrons. The van der Waals surface area contributed by atoms with Crippen molar-refractivity contribution in [2.45, 2.75) is 31.7 Å². The number of nitrogens with one attached hydrogen (secondary N) is 1. The van der Waals surface area contributed by atoms with E-state index >= 15 is 0 Å². The van der Waals surface area contributed by atoms with Crippen molar-refractivity contribution in [1.82, 2.24) is 15.1 Å². The number of carbonyl (C=O) groups excluding carboxylic acids is 1. The van der Waals surface area contributed by atoms with Gasteiger partial charge in [-0.15, -0.1) is 0 Å². The van der Waals surface area contributed by atoms with Gasteiger partial charge in [0.1, 0.15) is 0 Å². The number of aromatic nitrogens is 2. The number of halogens is 1. The lowest BCUT2D eigenvalue weighted by molar-refractivity contribution is -0.123. The van der Waals surface area contributed by atoms with Gasteiger partial charge < -0.3 is 10.6 Å². The van der Waals surface area contributed by atoms with Gasteiger partial charge in [-0.1, -0.05) is 48.9 Å². The van der Waals surface area contributed by atoms with Crippen LogP contribution in [0.1, 0.15) is 30.4 Å². The third-order valence-electron chi connectivity index (χ3n) is 5.61. The normalized spacial score (nSPS) is 14.9. The standard InChI is InChI=1S/C22H27ClN4O/c1-14(15-7-5-4-6-8-15)19(22(24)28)11-18(27(2)3)10-16-9-17-13-25-26-21(17)12-20(16)23/h4-9,12-14,18-19H,10-11H2,1-3H3,(H2,24,28)(H,25,26)/t14?,18-,19?/m1/s1. The summed E-state index contributed by atoms with van der Waals surface area (Å²) in [6.07, 6.45) is 3.19. The largest absolute Gasteiger partial charge is 0.369 e. The van der Waals surface area contributed by atoms with Crippen molar-refractivity contribution in [1.29, 1.82) is 0 Å². The van der Waals surface area contributed by atoms with Crippen molar-refractivity contribution in [3.8, 4) is 0 Å². The second kappa shape index (κ2) is 8.76. The number of hydrogen-bond donors (Lipinski definition) is 2. The number of nitrogens with two attached hydrogens (primary N) is 1. The number of amides is 1. The van der Waals surface area contributed by atoms with E-state index in [-0.39, 0.29) is 23.8 Å². The molecule has 6 heteroatoms. The first kappa shape index (κ1) is 20.4. The van der Waals surface area contributed by atoms with Gasteiger partial charge in [0, 0.05) is 22.4 Å². The summed E-state index contributed by atoms with van der Waals surface area (Å²) in [6.45, 7) is 2.07. The molecule has 3 rings (SSSR count). The number of aromatic amines is 1. The highest BCUT2D eigenvalue weighted by Gasteiger charge is 2.29. The molecular weight excluding hydrogens is 372 g/mol. The second-order valence-electron chi connectivity index (χ2n) is 7.67. The molecule has 0 fully saturated rings. The van der Waals surface area contributed by atoms with E-state index in [2.05, 4.69) is 40.2 Å². The zero-order valence-electron chi connectivity index (χ0n) is 16.5. The van der Waals surface area contributed by atoms with E-state index in [0.717, 1.165) is 28.5 Å². The molecule has 3 aromatic rings. The first-order chi connectivity index (χ1) is 13.4. The average Bonchev–Trinajstić information content (AvgIpc) is 3.11. The first-order valence-electron chi connectivity index (χ1n) is 9.49. The minimum atomic E-state index is -0.264. The van der Waals surface area contributed by atoms with Gasteiger partial charge in [0.2, 0.25) is 5.91 Å². The molecule has 0 saturated heterocycles. The number of primary amides is 1. The molecule has 0 aliphatic heterocycles. The molecular formula is C22H27ClN4O. The maximum Gasteiger partial charge on any atom is 0.221 e. The van der Waals surface area contributed by atoms with Gasteiger partial charge in [-0.25, -0.2) is 0 Å². The van der Waals surface area contributed by atoms with Crippen LogP contribution in [0.5, 0.6) is 0 Å². The Labute approximate surface area is 170 Å². The number of fused-ring (bicyclic) bond motifs is 1. The zero-order valence-corrected chi connectivity index (χ0v) is 17.3. The number of nitrogens with zero attached hydrogens (tertiary/aromatic N) is 2. The van der Waals surface area contributed by atoms with Crippen molar-refractivity contribution in [2.75, 3.05) is 14.1 Å². The Kier molecular flexibility index (Phi) is 6.37. The third kappa shape index (κ3) is 4.54. The molecule has 1 amide bonds. The molecule has 0 aliphatic carbocycles. The number of benzene rings is 2. The van der Waals surface area contributed by atoms with Gasteiger partial charge in [0.25, 0.3) is 0 Å². The van der Waals surface area contributed by atoms with Gasteiger partial charge in [-0.3, -0.25) is 9.89 Å². The summed E-state index contributed by atoms with van der Waals surface area (Å²) in [6, 6.07) is 14.2. The molecule has 5 nitrogen and oxygen atoms in total. The molecule has 0 bridgehead atoms. The van der Waals surface area contributed by atoms with E-state index in [1.165, 1.54) is 0 Å². The molecule has 1 aromatic heterocycles. The predicted octanol–water partition coefficient (Wildman–Crippen LogP) is 3.98. The van der Waals surface area contributed by atoms with Crippen LogP contribution in [-0.2, 0) is 11.2 Å². The number of hydrogen-bond acceptors (Lipinski definition) is 3. The molecule has 0 spiro atoms. The van der Waals surface area contributed by atoms with E-state index in [4.69, 9.17) is 17.3 Å². The van der Waals surface area contributed by atoms with Crippen molar-refractivity contribution in [2.24, 2.45) is 11.7 Å². The van der Waals surface area contributed by atoms with Crippen LogP contribution < -0.4 is 5.73 Å². The predicted molar refractivity (Wildman–Crippen MR) is 114 cm³/mol. The molecule has 3 atom stereocenters. The van der Waals surface area contributed by atoms with Gasteiger partial charge in [0.15, 0.2) is 0 Å². The summed E-state index contributed by atoms with van der Waals surface area (Å²) in [4.78, 5) is 14.4. The van der Waals surface area contributed by atoms with Gasteiger partial charge in [-0.05, 0) is 56.1 Å². The fourth-order valence-corrected chi connectivity index (χ4v) is 3.99. The topological polar surface area (TPSA) is 75.0 Å². The third-order valence-corrected chi connectivity index (χ3v) is 5.97. The van der Waals surface area contributed by atoms with Gasteiger partial charge in [-0.2, -0.15) is 5.10 Å². The summed E-state index contributed by atoms with van der Waals surface area (Å²) < 4.78 is 0. The van der Waals surface area contributed by atoms with Gasteiger partial charge in [0.05, 0.1) is 11.7 Å². The number of H-pyrrole nitrogens is 1. The summed E-state index contributed by atoms with van der Waals surface area (Å²) in [7, 11) is 4.06. The van der Waals surface area contributed by atoms with Crippen LogP contribution in [0.25, 0.3) is 10.9 Å². The lowest BCUT2D eigenvalue weighted by atomic mass is 9.81. The average molecular weight is 399 g/mol. The molecule has 0 aliphatic rings. The fourth-order valence-electron chi connectivity index (χ4n) is 3.75. The van der Waals surface area contributed by atoms with E-state index < -0.39 is 0 Å². The van der Waals surface area contributed by atoms with Crippen LogP contribution in [0.2, 0.25) is 5.02 Å². The fraction of sp³-hybridized carbons (Fsp3) is 0.364. The Morgan fingerprint density at radius 2 is 1.96 bits per heavy atom. The quantitative estimate of drug-likeness (QED) is 0.602. The highest BCUT2D eigenvalue weighted by Crippen LogP contribution is 2.31. The van der Waals surface area contributed by atoms with Crippen molar-refractivity contribution >= 4 is 28.4 Å². The minimum absolute atomic E-state index is 0.0491. The van der Waals surface area contributed by atoms with Crippen molar-refractivity contribution in [3.63, 3.8) is 0 Å². The SMILES string of the molecule is CC(c1ccccc1)C(C[C@@H](Cc1cc2cn[nH]c2cc1Cl)N(C)C)C(N)=O. The Bertz CT molecular complexity index is 938. The lowest BCUT2D eigenvalue weighted by Crippen LogP contribution is -2.38. The number of rotatable bonds is 8. The molecule has 0 saturated carbocycles. The van der Waals surface area contributed by atoms with Crippen molar-refractivity contribution in [3.05, 3.63) is 64.8 Å². The maximum absolute atomic E-state index is 12.3. The molecule has 2 aromatic carbocycles.